The lowest BCUT2D eigenvalue weighted by Crippen LogP contribution is -2.27. The second-order valence-electron chi connectivity index (χ2n) is 3.29. The number of ketones is 1. The van der Waals surface area contributed by atoms with Crippen LogP contribution in [0.15, 0.2) is 6.07 Å². The van der Waals surface area contributed by atoms with Gasteiger partial charge in [-0.2, -0.15) is 0 Å². The van der Waals surface area contributed by atoms with Crippen molar-refractivity contribution in [3.63, 3.8) is 0 Å². The van der Waals surface area contributed by atoms with Crippen LogP contribution in [0.3, 0.4) is 0 Å². The van der Waals surface area contributed by atoms with Gasteiger partial charge < -0.3 is 15.0 Å². The van der Waals surface area contributed by atoms with Gasteiger partial charge in [0.15, 0.2) is 5.78 Å². The molecule has 1 unspecified atom stereocenters. The van der Waals surface area contributed by atoms with Crippen LogP contribution in [-0.2, 0) is 0 Å². The first-order valence-corrected chi connectivity index (χ1v) is 4.31. The van der Waals surface area contributed by atoms with Gasteiger partial charge in [0.2, 0.25) is 5.88 Å². The number of aromatic nitrogens is 1. The monoisotopic (exact) mass is 180 g/mol. The highest BCUT2D eigenvalue weighted by atomic mass is 16.5. The fourth-order valence-corrected chi connectivity index (χ4v) is 1.35. The van der Waals surface area contributed by atoms with E-state index in [4.69, 9.17) is 4.74 Å². The molecule has 0 radical (unpaired) electrons. The molecule has 1 aromatic rings. The van der Waals surface area contributed by atoms with Crippen LogP contribution in [0.1, 0.15) is 24.3 Å². The van der Waals surface area contributed by atoms with Gasteiger partial charge in [-0.25, -0.2) is 0 Å². The quantitative estimate of drug-likeness (QED) is 0.642. The molecular formula is C9H12N2O2. The van der Waals surface area contributed by atoms with Crippen LogP contribution >= 0.6 is 0 Å². The van der Waals surface area contributed by atoms with Gasteiger partial charge >= 0.3 is 0 Å². The van der Waals surface area contributed by atoms with Crippen molar-refractivity contribution in [2.24, 2.45) is 0 Å². The number of anilines is 1. The predicted octanol–water partition coefficient (Wildman–Crippen LogP) is 1.41. The number of Topliss-reactive ketones (excluding diaryl/α,β-unsaturated/α-hetero) is 1. The van der Waals surface area contributed by atoms with E-state index < -0.39 is 0 Å². The minimum atomic E-state index is 0.0208. The number of hydrogen-bond donors (Lipinski definition) is 2. The van der Waals surface area contributed by atoms with Crippen molar-refractivity contribution in [1.82, 2.24) is 4.98 Å². The summed E-state index contributed by atoms with van der Waals surface area (Å²) < 4.78 is 5.49. The number of carbonyl (C=O) groups excluding carboxylic acids is 1. The normalized spacial score (nSPS) is 20.0. The largest absolute Gasteiger partial charge is 0.473 e. The first-order chi connectivity index (χ1) is 6.16. The van der Waals surface area contributed by atoms with E-state index in [1.54, 1.807) is 6.07 Å². The smallest absolute Gasteiger partial charge is 0.215 e. The molecule has 4 heteroatoms. The number of nitrogens with one attached hydrogen (secondary N) is 2. The van der Waals surface area contributed by atoms with Crippen LogP contribution in [0.25, 0.3) is 0 Å². The highest BCUT2D eigenvalue weighted by Crippen LogP contribution is 2.29. The third-order valence-electron chi connectivity index (χ3n) is 2.06. The van der Waals surface area contributed by atoms with Crippen molar-refractivity contribution in [1.29, 1.82) is 0 Å². The SMILES string of the molecule is CC(=O)c1cc2c([nH]1)OC(C)CN2. The fraction of sp³-hybridized carbons (Fsp3) is 0.444. The van der Waals surface area contributed by atoms with Gasteiger partial charge in [-0.05, 0) is 13.0 Å². The van der Waals surface area contributed by atoms with Crippen LogP contribution in [0, 0.1) is 0 Å². The number of fused-ring (bicyclic) bond motifs is 1. The summed E-state index contributed by atoms with van der Waals surface area (Å²) in [6.45, 7) is 4.28. The Hall–Kier alpha value is -1.45. The molecule has 1 aromatic heterocycles. The Kier molecular flexibility index (Phi) is 1.76. The molecule has 70 valence electrons. The van der Waals surface area contributed by atoms with Crippen molar-refractivity contribution < 1.29 is 9.53 Å². The van der Waals surface area contributed by atoms with Crippen molar-refractivity contribution in [3.05, 3.63) is 11.8 Å². The molecule has 1 aliphatic heterocycles. The van der Waals surface area contributed by atoms with Gasteiger partial charge in [0, 0.05) is 6.92 Å². The number of aromatic amines is 1. The van der Waals surface area contributed by atoms with Gasteiger partial charge in [0.05, 0.1) is 17.9 Å². The summed E-state index contributed by atoms with van der Waals surface area (Å²) in [4.78, 5) is 14.0. The van der Waals surface area contributed by atoms with E-state index >= 15 is 0 Å². The maximum atomic E-state index is 11.0. The Morgan fingerprint density at radius 2 is 2.46 bits per heavy atom. The topological polar surface area (TPSA) is 54.1 Å². The lowest BCUT2D eigenvalue weighted by atomic mass is 10.3. The Bertz CT molecular complexity index is 343. The highest BCUT2D eigenvalue weighted by molar-refractivity contribution is 5.94. The standard InChI is InChI=1S/C9H12N2O2/c1-5-4-10-8-3-7(6(2)12)11-9(8)13-5/h3,5,10-11H,4H2,1-2H3. The summed E-state index contributed by atoms with van der Waals surface area (Å²) in [6.07, 6.45) is 0.144. The molecule has 0 saturated carbocycles. The van der Waals surface area contributed by atoms with E-state index in [-0.39, 0.29) is 11.9 Å². The third-order valence-corrected chi connectivity index (χ3v) is 2.06. The van der Waals surface area contributed by atoms with Gasteiger partial charge in [-0.15, -0.1) is 0 Å². The van der Waals surface area contributed by atoms with Crippen molar-refractivity contribution in [3.8, 4) is 5.88 Å². The molecule has 2 heterocycles. The van der Waals surface area contributed by atoms with Gasteiger partial charge in [-0.3, -0.25) is 4.79 Å². The maximum absolute atomic E-state index is 11.0. The van der Waals surface area contributed by atoms with Crippen LogP contribution in [0.2, 0.25) is 0 Å². The highest BCUT2D eigenvalue weighted by Gasteiger charge is 2.19. The molecule has 0 aromatic carbocycles. The van der Waals surface area contributed by atoms with Crippen molar-refractivity contribution in [2.75, 3.05) is 11.9 Å². The van der Waals surface area contributed by atoms with Crippen LogP contribution < -0.4 is 10.1 Å². The molecular weight excluding hydrogens is 168 g/mol. The van der Waals surface area contributed by atoms with E-state index in [1.165, 1.54) is 6.92 Å². The Morgan fingerprint density at radius 1 is 1.69 bits per heavy atom. The number of ether oxygens (including phenoxy) is 1. The summed E-state index contributed by atoms with van der Waals surface area (Å²) in [7, 11) is 0. The summed E-state index contributed by atoms with van der Waals surface area (Å²) >= 11 is 0. The average molecular weight is 180 g/mol. The number of carbonyl (C=O) groups is 1. The molecule has 0 saturated heterocycles. The second kappa shape index (κ2) is 2.80. The zero-order valence-corrected chi connectivity index (χ0v) is 7.68. The second-order valence-corrected chi connectivity index (χ2v) is 3.29. The molecule has 4 nitrogen and oxygen atoms in total. The lowest BCUT2D eigenvalue weighted by Gasteiger charge is -2.21. The molecule has 0 spiro atoms. The molecule has 0 amide bonds. The average Bonchev–Trinajstić information content (AvgIpc) is 2.46. The minimum Gasteiger partial charge on any atom is -0.473 e. The van der Waals surface area contributed by atoms with Crippen LogP contribution in [0.5, 0.6) is 5.88 Å². The Morgan fingerprint density at radius 3 is 3.15 bits per heavy atom. The van der Waals surface area contributed by atoms with E-state index in [2.05, 4.69) is 10.3 Å². The molecule has 2 rings (SSSR count). The van der Waals surface area contributed by atoms with E-state index in [9.17, 15) is 4.79 Å². The summed E-state index contributed by atoms with van der Waals surface area (Å²) in [5, 5.41) is 3.18. The molecule has 0 fully saturated rings. The van der Waals surface area contributed by atoms with Gasteiger partial charge in [0.1, 0.15) is 6.10 Å². The van der Waals surface area contributed by atoms with E-state index in [1.807, 2.05) is 6.92 Å². The van der Waals surface area contributed by atoms with Crippen LogP contribution in [-0.4, -0.2) is 23.4 Å². The maximum Gasteiger partial charge on any atom is 0.215 e. The molecule has 1 atom stereocenters. The zero-order chi connectivity index (χ0) is 9.42. The summed E-state index contributed by atoms with van der Waals surface area (Å²) in [6, 6.07) is 1.78. The Labute approximate surface area is 76.3 Å². The zero-order valence-electron chi connectivity index (χ0n) is 7.68. The van der Waals surface area contributed by atoms with Crippen molar-refractivity contribution >= 4 is 11.5 Å². The van der Waals surface area contributed by atoms with Crippen molar-refractivity contribution in [2.45, 2.75) is 20.0 Å². The van der Waals surface area contributed by atoms with E-state index in [0.717, 1.165) is 12.2 Å². The summed E-state index contributed by atoms with van der Waals surface area (Å²) in [5.74, 6) is 0.691. The fourth-order valence-electron chi connectivity index (χ4n) is 1.35. The third kappa shape index (κ3) is 1.39. The minimum absolute atomic E-state index is 0.0208. The molecule has 2 N–H and O–H groups in total. The predicted molar refractivity (Wildman–Crippen MR) is 49.4 cm³/mol. The van der Waals surface area contributed by atoms with Crippen LogP contribution in [0.4, 0.5) is 5.69 Å². The first-order valence-electron chi connectivity index (χ1n) is 4.31. The summed E-state index contributed by atoms with van der Waals surface area (Å²) in [5.41, 5.74) is 1.47. The lowest BCUT2D eigenvalue weighted by molar-refractivity contribution is 0.101. The van der Waals surface area contributed by atoms with Gasteiger partial charge in [-0.1, -0.05) is 0 Å². The van der Waals surface area contributed by atoms with E-state index in [0.29, 0.717) is 11.6 Å². The molecule has 1 aliphatic rings. The molecule has 0 aliphatic carbocycles. The first kappa shape index (κ1) is 8.16. The number of rotatable bonds is 1. The van der Waals surface area contributed by atoms with Gasteiger partial charge in [0.25, 0.3) is 0 Å². The molecule has 13 heavy (non-hydrogen) atoms. The number of hydrogen-bond acceptors (Lipinski definition) is 3. The molecule has 0 bridgehead atoms. The Balaban J connectivity index is 2.33. The number of H-pyrrole nitrogens is 1.